The normalized spacial score (nSPS) is 35.5. The van der Waals surface area contributed by atoms with Gasteiger partial charge < -0.3 is 19.3 Å². The predicted octanol–water partition coefficient (Wildman–Crippen LogP) is 3.10. The standard InChI is InChI=1S/C22H31NO4/c1-15-7-9-16(10-8-15)13-17-19(23-11-5-4-6-12-23)20(24)21(26-17)18-14-25-22(2,3)27-18/h7-10,13,18-21,24H,4-6,11-12,14H2,1-3H3/b17-13-/t18-,19+,20-,21-/m1/s1. The van der Waals surface area contributed by atoms with Crippen molar-refractivity contribution >= 4 is 6.08 Å². The van der Waals surface area contributed by atoms with E-state index in [1.165, 1.54) is 24.8 Å². The lowest BCUT2D eigenvalue weighted by Crippen LogP contribution is -2.49. The minimum Gasteiger partial charge on any atom is -0.487 e. The second-order valence-electron chi connectivity index (χ2n) is 8.44. The van der Waals surface area contributed by atoms with Crippen LogP contribution in [0, 0.1) is 6.92 Å². The Morgan fingerprint density at radius 3 is 2.44 bits per heavy atom. The zero-order valence-corrected chi connectivity index (χ0v) is 16.6. The van der Waals surface area contributed by atoms with Crippen molar-refractivity contribution in [2.45, 2.75) is 70.2 Å². The molecule has 0 bridgehead atoms. The number of aryl methyl sites for hydroxylation is 1. The van der Waals surface area contributed by atoms with Gasteiger partial charge in [0.15, 0.2) is 11.9 Å². The molecule has 0 radical (unpaired) electrons. The van der Waals surface area contributed by atoms with Crippen LogP contribution in [0.2, 0.25) is 0 Å². The van der Waals surface area contributed by atoms with Crippen molar-refractivity contribution in [3.05, 3.63) is 41.2 Å². The van der Waals surface area contributed by atoms with Gasteiger partial charge in [0, 0.05) is 0 Å². The van der Waals surface area contributed by atoms with Crippen LogP contribution in [-0.4, -0.2) is 59.8 Å². The number of hydrogen-bond acceptors (Lipinski definition) is 5. The van der Waals surface area contributed by atoms with Gasteiger partial charge in [0.05, 0.1) is 12.6 Å². The molecular weight excluding hydrogens is 342 g/mol. The van der Waals surface area contributed by atoms with Gasteiger partial charge in [-0.05, 0) is 58.3 Å². The van der Waals surface area contributed by atoms with E-state index < -0.39 is 18.0 Å². The third-order valence-corrected chi connectivity index (χ3v) is 5.79. The van der Waals surface area contributed by atoms with Crippen LogP contribution in [0.3, 0.4) is 0 Å². The van der Waals surface area contributed by atoms with E-state index >= 15 is 0 Å². The molecule has 0 amide bonds. The third kappa shape index (κ3) is 4.06. The average Bonchev–Trinajstić information content (AvgIpc) is 3.17. The first kappa shape index (κ1) is 18.9. The molecule has 3 aliphatic heterocycles. The molecule has 0 aromatic heterocycles. The van der Waals surface area contributed by atoms with Gasteiger partial charge in [0.1, 0.15) is 18.0 Å². The van der Waals surface area contributed by atoms with Gasteiger partial charge >= 0.3 is 0 Å². The molecule has 0 spiro atoms. The largest absolute Gasteiger partial charge is 0.487 e. The minimum atomic E-state index is -0.627. The van der Waals surface area contributed by atoms with E-state index in [1.54, 1.807) is 0 Å². The first-order valence-corrected chi connectivity index (χ1v) is 10.1. The quantitative estimate of drug-likeness (QED) is 0.882. The highest BCUT2D eigenvalue weighted by atomic mass is 16.8. The number of likely N-dealkylation sites (tertiary alicyclic amines) is 1. The second kappa shape index (κ2) is 7.55. The van der Waals surface area contributed by atoms with Gasteiger partial charge in [-0.25, -0.2) is 0 Å². The minimum absolute atomic E-state index is 0.121. The maximum absolute atomic E-state index is 11.2. The number of ether oxygens (including phenoxy) is 3. The van der Waals surface area contributed by atoms with Gasteiger partial charge in [-0.15, -0.1) is 0 Å². The maximum atomic E-state index is 11.2. The molecule has 5 nitrogen and oxygen atoms in total. The molecule has 0 unspecified atom stereocenters. The molecule has 1 N–H and O–H groups in total. The molecule has 3 saturated heterocycles. The molecule has 1 aromatic carbocycles. The van der Waals surface area contributed by atoms with Crippen molar-refractivity contribution in [1.82, 2.24) is 4.90 Å². The van der Waals surface area contributed by atoms with Gasteiger partial charge in [-0.1, -0.05) is 36.2 Å². The summed E-state index contributed by atoms with van der Waals surface area (Å²) >= 11 is 0. The van der Waals surface area contributed by atoms with Gasteiger partial charge in [0.25, 0.3) is 0 Å². The highest BCUT2D eigenvalue weighted by Crippen LogP contribution is 2.37. The van der Waals surface area contributed by atoms with Crippen molar-refractivity contribution in [2.75, 3.05) is 19.7 Å². The van der Waals surface area contributed by atoms with Crippen molar-refractivity contribution in [1.29, 1.82) is 0 Å². The van der Waals surface area contributed by atoms with Crippen molar-refractivity contribution in [3.8, 4) is 0 Å². The number of hydrogen-bond donors (Lipinski definition) is 1. The molecule has 3 fully saturated rings. The fourth-order valence-corrected chi connectivity index (χ4v) is 4.36. The Labute approximate surface area is 161 Å². The lowest BCUT2D eigenvalue weighted by molar-refractivity contribution is -0.156. The van der Waals surface area contributed by atoms with Crippen molar-refractivity contribution in [3.63, 3.8) is 0 Å². The number of benzene rings is 1. The van der Waals surface area contributed by atoms with Crippen LogP contribution >= 0.6 is 0 Å². The monoisotopic (exact) mass is 373 g/mol. The Hall–Kier alpha value is -1.40. The molecule has 0 aliphatic carbocycles. The molecule has 3 heterocycles. The SMILES string of the molecule is Cc1ccc(/C=C2\O[C@H]([C@H]3COC(C)(C)O3)[C@H](O)[C@H]2N2CCCCC2)cc1. The summed E-state index contributed by atoms with van der Waals surface area (Å²) < 4.78 is 18.0. The number of rotatable bonds is 3. The van der Waals surface area contributed by atoms with Crippen LogP contribution in [0.25, 0.3) is 6.08 Å². The molecule has 1 aromatic rings. The van der Waals surface area contributed by atoms with Crippen LogP contribution < -0.4 is 0 Å². The van der Waals surface area contributed by atoms with Crippen LogP contribution in [-0.2, 0) is 14.2 Å². The van der Waals surface area contributed by atoms with Crippen LogP contribution in [0.5, 0.6) is 0 Å². The Morgan fingerprint density at radius 2 is 1.81 bits per heavy atom. The van der Waals surface area contributed by atoms with E-state index in [0.717, 1.165) is 24.4 Å². The zero-order valence-electron chi connectivity index (χ0n) is 16.6. The van der Waals surface area contributed by atoms with Crippen molar-refractivity contribution < 1.29 is 19.3 Å². The smallest absolute Gasteiger partial charge is 0.163 e. The summed E-state index contributed by atoms with van der Waals surface area (Å²) in [6.07, 6.45) is 4.38. The Kier molecular flexibility index (Phi) is 5.30. The van der Waals surface area contributed by atoms with Gasteiger partial charge in [-0.2, -0.15) is 0 Å². The van der Waals surface area contributed by atoms with E-state index in [1.807, 2.05) is 13.8 Å². The zero-order chi connectivity index (χ0) is 19.0. The van der Waals surface area contributed by atoms with E-state index in [-0.39, 0.29) is 12.1 Å². The number of nitrogens with zero attached hydrogens (tertiary/aromatic N) is 1. The van der Waals surface area contributed by atoms with Gasteiger partial charge in [-0.3, -0.25) is 4.90 Å². The lowest BCUT2D eigenvalue weighted by atomic mass is 9.98. The molecule has 148 valence electrons. The predicted molar refractivity (Wildman–Crippen MR) is 104 cm³/mol. The Bertz CT molecular complexity index is 678. The summed E-state index contributed by atoms with van der Waals surface area (Å²) in [5.74, 6) is 0.212. The number of aliphatic hydroxyl groups excluding tert-OH is 1. The first-order valence-electron chi connectivity index (χ1n) is 10.1. The molecule has 27 heavy (non-hydrogen) atoms. The summed E-state index contributed by atoms with van der Waals surface area (Å²) in [6, 6.07) is 8.26. The number of piperidine rings is 1. The van der Waals surface area contributed by atoms with Gasteiger partial charge in [0.2, 0.25) is 0 Å². The van der Waals surface area contributed by atoms with Crippen LogP contribution in [0.1, 0.15) is 44.2 Å². The Morgan fingerprint density at radius 1 is 1.11 bits per heavy atom. The number of aliphatic hydroxyl groups is 1. The molecule has 3 aliphatic rings. The maximum Gasteiger partial charge on any atom is 0.163 e. The average molecular weight is 373 g/mol. The third-order valence-electron chi connectivity index (χ3n) is 5.79. The molecule has 0 saturated carbocycles. The summed E-state index contributed by atoms with van der Waals surface area (Å²) in [4.78, 5) is 2.37. The van der Waals surface area contributed by atoms with E-state index in [9.17, 15) is 5.11 Å². The highest BCUT2D eigenvalue weighted by Gasteiger charge is 2.51. The lowest BCUT2D eigenvalue weighted by Gasteiger charge is -2.33. The summed E-state index contributed by atoms with van der Waals surface area (Å²) in [5, 5.41) is 11.2. The summed E-state index contributed by atoms with van der Waals surface area (Å²) in [7, 11) is 0. The van der Waals surface area contributed by atoms with E-state index in [2.05, 4.69) is 42.2 Å². The molecular formula is C22H31NO4. The van der Waals surface area contributed by atoms with E-state index in [4.69, 9.17) is 14.2 Å². The fourth-order valence-electron chi connectivity index (χ4n) is 4.36. The summed E-state index contributed by atoms with van der Waals surface area (Å²) in [5.41, 5.74) is 2.32. The van der Waals surface area contributed by atoms with Crippen LogP contribution in [0.4, 0.5) is 0 Å². The topological polar surface area (TPSA) is 51.2 Å². The fraction of sp³-hybridized carbons (Fsp3) is 0.636. The molecule has 4 rings (SSSR count). The molecule has 4 atom stereocenters. The summed E-state index contributed by atoms with van der Waals surface area (Å²) in [6.45, 7) is 8.32. The highest BCUT2D eigenvalue weighted by molar-refractivity contribution is 5.54. The second-order valence-corrected chi connectivity index (χ2v) is 8.44. The van der Waals surface area contributed by atoms with E-state index in [0.29, 0.717) is 6.61 Å². The first-order chi connectivity index (χ1) is 12.9. The molecule has 5 heteroatoms. The van der Waals surface area contributed by atoms with Crippen molar-refractivity contribution in [2.24, 2.45) is 0 Å². The van der Waals surface area contributed by atoms with Crippen LogP contribution in [0.15, 0.2) is 30.0 Å². The Balaban J connectivity index is 1.61.